The summed E-state index contributed by atoms with van der Waals surface area (Å²) in [5.41, 5.74) is 4.85. The fourth-order valence-electron chi connectivity index (χ4n) is 5.01. The summed E-state index contributed by atoms with van der Waals surface area (Å²) in [5.74, 6) is 1.00. The van der Waals surface area contributed by atoms with E-state index in [2.05, 4.69) is 99.2 Å². The standard InChI is InChI=1S/C30H27BrN4O/c1-33-15-17-34(18-16-33)30(36)23-11-14-27-28(19-23)35(20-21-9-12-24(31)13-10-21)29(32-27)26-8-4-6-22-5-2-3-7-25(22)26/h2-14,19H,15-18,20H2,1H3. The Bertz CT molecular complexity index is 1560. The number of imidazole rings is 1. The molecule has 0 spiro atoms. The van der Waals surface area contributed by atoms with Crippen molar-refractivity contribution < 1.29 is 4.79 Å². The van der Waals surface area contributed by atoms with E-state index in [9.17, 15) is 4.79 Å². The largest absolute Gasteiger partial charge is 0.336 e. The molecule has 0 N–H and O–H groups in total. The fraction of sp³-hybridized carbons (Fsp3) is 0.200. The van der Waals surface area contributed by atoms with Crippen LogP contribution in [0.25, 0.3) is 33.2 Å². The number of rotatable bonds is 4. The first-order chi connectivity index (χ1) is 17.6. The molecule has 6 heteroatoms. The van der Waals surface area contributed by atoms with E-state index in [0.29, 0.717) is 12.1 Å². The van der Waals surface area contributed by atoms with E-state index in [-0.39, 0.29) is 5.91 Å². The maximum Gasteiger partial charge on any atom is 0.254 e. The number of nitrogens with zero attached hydrogens (tertiary/aromatic N) is 4. The second-order valence-electron chi connectivity index (χ2n) is 9.47. The Labute approximate surface area is 219 Å². The number of halogens is 1. The lowest BCUT2D eigenvalue weighted by Crippen LogP contribution is -2.47. The van der Waals surface area contributed by atoms with Gasteiger partial charge in [0, 0.05) is 48.3 Å². The van der Waals surface area contributed by atoms with Gasteiger partial charge in [-0.2, -0.15) is 0 Å². The molecule has 180 valence electrons. The highest BCUT2D eigenvalue weighted by atomic mass is 79.9. The maximum atomic E-state index is 13.4. The number of carbonyl (C=O) groups is 1. The third kappa shape index (κ3) is 4.31. The van der Waals surface area contributed by atoms with Crippen LogP contribution in [-0.2, 0) is 6.54 Å². The van der Waals surface area contributed by atoms with Crippen molar-refractivity contribution in [1.29, 1.82) is 0 Å². The number of benzene rings is 4. The van der Waals surface area contributed by atoms with Crippen LogP contribution in [0.5, 0.6) is 0 Å². The van der Waals surface area contributed by atoms with Crippen LogP contribution in [0, 0.1) is 0 Å². The number of piperazine rings is 1. The van der Waals surface area contributed by atoms with Crippen molar-refractivity contribution in [3.05, 3.63) is 101 Å². The van der Waals surface area contributed by atoms with Crippen molar-refractivity contribution in [2.45, 2.75) is 6.54 Å². The molecule has 1 saturated heterocycles. The molecule has 0 radical (unpaired) electrons. The zero-order chi connectivity index (χ0) is 24.6. The predicted molar refractivity (Wildman–Crippen MR) is 149 cm³/mol. The molecule has 0 unspecified atom stereocenters. The average molecular weight is 539 g/mol. The van der Waals surface area contributed by atoms with Gasteiger partial charge in [-0.25, -0.2) is 4.98 Å². The molecule has 0 aliphatic carbocycles. The van der Waals surface area contributed by atoms with Crippen molar-refractivity contribution >= 4 is 43.6 Å². The van der Waals surface area contributed by atoms with Crippen LogP contribution in [0.15, 0.2) is 89.4 Å². The van der Waals surface area contributed by atoms with E-state index in [1.54, 1.807) is 0 Å². The summed E-state index contributed by atoms with van der Waals surface area (Å²) in [6.07, 6.45) is 0. The fourth-order valence-corrected chi connectivity index (χ4v) is 5.27. The van der Waals surface area contributed by atoms with Gasteiger partial charge in [0.25, 0.3) is 5.91 Å². The topological polar surface area (TPSA) is 41.4 Å². The molecule has 0 atom stereocenters. The molecule has 1 fully saturated rings. The molecular formula is C30H27BrN4O. The van der Waals surface area contributed by atoms with Crippen LogP contribution in [0.2, 0.25) is 0 Å². The van der Waals surface area contributed by atoms with Gasteiger partial charge >= 0.3 is 0 Å². The summed E-state index contributed by atoms with van der Waals surface area (Å²) >= 11 is 3.54. The summed E-state index contributed by atoms with van der Waals surface area (Å²) in [7, 11) is 2.10. The quantitative estimate of drug-likeness (QED) is 0.279. The Hall–Kier alpha value is -3.48. The molecule has 5 nitrogen and oxygen atoms in total. The third-order valence-electron chi connectivity index (χ3n) is 7.07. The first-order valence-corrected chi connectivity index (χ1v) is 13.1. The van der Waals surface area contributed by atoms with Gasteiger partial charge in [-0.3, -0.25) is 4.79 Å². The van der Waals surface area contributed by atoms with E-state index in [4.69, 9.17) is 4.98 Å². The Balaban J connectivity index is 1.49. The zero-order valence-electron chi connectivity index (χ0n) is 20.2. The summed E-state index contributed by atoms with van der Waals surface area (Å²) in [6.45, 7) is 3.98. The molecule has 4 aromatic carbocycles. The highest BCUT2D eigenvalue weighted by Gasteiger charge is 2.22. The number of hydrogen-bond donors (Lipinski definition) is 0. The lowest BCUT2D eigenvalue weighted by Gasteiger charge is -2.32. The Kier molecular flexibility index (Phi) is 6.07. The summed E-state index contributed by atoms with van der Waals surface area (Å²) in [5, 5.41) is 2.35. The second kappa shape index (κ2) is 9.52. The van der Waals surface area contributed by atoms with Crippen molar-refractivity contribution in [1.82, 2.24) is 19.4 Å². The normalized spacial score (nSPS) is 14.6. The van der Waals surface area contributed by atoms with Crippen LogP contribution in [0.3, 0.4) is 0 Å². The molecule has 6 rings (SSSR count). The average Bonchev–Trinajstić information content (AvgIpc) is 3.27. The summed E-state index contributed by atoms with van der Waals surface area (Å²) in [6, 6.07) is 29.1. The molecule has 36 heavy (non-hydrogen) atoms. The minimum atomic E-state index is 0.0908. The van der Waals surface area contributed by atoms with Crippen LogP contribution in [0.1, 0.15) is 15.9 Å². The number of fused-ring (bicyclic) bond motifs is 2. The summed E-state index contributed by atoms with van der Waals surface area (Å²) < 4.78 is 3.30. The molecule has 2 heterocycles. The first kappa shape index (κ1) is 23.0. The Morgan fingerprint density at radius 2 is 1.64 bits per heavy atom. The van der Waals surface area contributed by atoms with Gasteiger partial charge < -0.3 is 14.4 Å². The molecule has 5 aromatic rings. The molecule has 0 bridgehead atoms. The smallest absolute Gasteiger partial charge is 0.254 e. The van der Waals surface area contributed by atoms with Gasteiger partial charge in [0.2, 0.25) is 0 Å². The van der Waals surface area contributed by atoms with Gasteiger partial charge in [-0.15, -0.1) is 0 Å². The van der Waals surface area contributed by atoms with Gasteiger partial charge in [0.15, 0.2) is 0 Å². The van der Waals surface area contributed by atoms with Crippen molar-refractivity contribution in [2.24, 2.45) is 0 Å². The number of aromatic nitrogens is 2. The molecule has 1 amide bonds. The monoisotopic (exact) mass is 538 g/mol. The number of carbonyl (C=O) groups excluding carboxylic acids is 1. The molecule has 1 aliphatic rings. The highest BCUT2D eigenvalue weighted by Crippen LogP contribution is 2.32. The van der Waals surface area contributed by atoms with E-state index >= 15 is 0 Å². The van der Waals surface area contributed by atoms with E-state index in [1.165, 1.54) is 16.3 Å². The van der Waals surface area contributed by atoms with Crippen LogP contribution in [0.4, 0.5) is 0 Å². The summed E-state index contributed by atoms with van der Waals surface area (Å²) in [4.78, 5) is 22.7. The highest BCUT2D eigenvalue weighted by molar-refractivity contribution is 9.10. The van der Waals surface area contributed by atoms with E-state index < -0.39 is 0 Å². The predicted octanol–water partition coefficient (Wildman–Crippen LogP) is 6.05. The van der Waals surface area contributed by atoms with Crippen molar-refractivity contribution in [3.63, 3.8) is 0 Å². The van der Waals surface area contributed by atoms with Crippen LogP contribution in [-0.4, -0.2) is 58.5 Å². The van der Waals surface area contributed by atoms with Crippen LogP contribution >= 0.6 is 15.9 Å². The second-order valence-corrected chi connectivity index (χ2v) is 10.4. The Morgan fingerprint density at radius 1 is 0.889 bits per heavy atom. The van der Waals surface area contributed by atoms with Gasteiger partial charge in [0.1, 0.15) is 5.82 Å². The minimum Gasteiger partial charge on any atom is -0.336 e. The van der Waals surface area contributed by atoms with Gasteiger partial charge in [0.05, 0.1) is 11.0 Å². The lowest BCUT2D eigenvalue weighted by molar-refractivity contribution is 0.0664. The van der Waals surface area contributed by atoms with Gasteiger partial charge in [-0.05, 0) is 53.7 Å². The van der Waals surface area contributed by atoms with E-state index in [1.807, 2.05) is 23.1 Å². The Morgan fingerprint density at radius 3 is 2.44 bits per heavy atom. The number of hydrogen-bond acceptors (Lipinski definition) is 3. The lowest BCUT2D eigenvalue weighted by atomic mass is 10.0. The third-order valence-corrected chi connectivity index (χ3v) is 7.60. The molecular weight excluding hydrogens is 512 g/mol. The molecule has 0 saturated carbocycles. The number of amides is 1. The van der Waals surface area contributed by atoms with Crippen LogP contribution < -0.4 is 0 Å². The molecule has 1 aliphatic heterocycles. The van der Waals surface area contributed by atoms with Crippen molar-refractivity contribution in [2.75, 3.05) is 33.2 Å². The SMILES string of the molecule is CN1CCN(C(=O)c2ccc3nc(-c4cccc5ccccc45)n(Cc4ccc(Br)cc4)c3c2)CC1. The maximum absolute atomic E-state index is 13.4. The molecule has 1 aromatic heterocycles. The number of likely N-dealkylation sites (N-methyl/N-ethyl adjacent to an activating group) is 1. The van der Waals surface area contributed by atoms with E-state index in [0.717, 1.165) is 53.1 Å². The van der Waals surface area contributed by atoms with Crippen molar-refractivity contribution in [3.8, 4) is 11.4 Å². The minimum absolute atomic E-state index is 0.0908. The zero-order valence-corrected chi connectivity index (χ0v) is 21.8. The van der Waals surface area contributed by atoms with Gasteiger partial charge in [-0.1, -0.05) is 70.5 Å². The first-order valence-electron chi connectivity index (χ1n) is 12.3.